The van der Waals surface area contributed by atoms with Crippen LogP contribution in [-0.2, 0) is 9.59 Å². The summed E-state index contributed by atoms with van der Waals surface area (Å²) in [7, 11) is 0. The van der Waals surface area contributed by atoms with Crippen molar-refractivity contribution >= 4 is 75.1 Å². The minimum absolute atomic E-state index is 0.0686. The van der Waals surface area contributed by atoms with Gasteiger partial charge in [-0.15, -0.1) is 0 Å². The first-order valence-corrected chi connectivity index (χ1v) is 9.97. The SMILES string of the molecule is O=C1CC(C(=O)Nc2cccc3nsnc23)N(C(=O)Nc2cc(Cl)cc(Cl)c2)C1. The fourth-order valence-electron chi connectivity index (χ4n) is 3.08. The van der Waals surface area contributed by atoms with E-state index in [1.165, 1.54) is 23.1 Å². The van der Waals surface area contributed by atoms with Crippen LogP contribution in [-0.4, -0.2) is 44.0 Å². The molecule has 2 aromatic carbocycles. The number of nitrogens with one attached hydrogen (secondary N) is 2. The number of likely N-dealkylation sites (tertiary alicyclic amines) is 1. The molecule has 8 nitrogen and oxygen atoms in total. The summed E-state index contributed by atoms with van der Waals surface area (Å²) in [5.74, 6) is -0.686. The Labute approximate surface area is 179 Å². The van der Waals surface area contributed by atoms with Gasteiger partial charge in [-0.05, 0) is 30.3 Å². The number of Topliss-reactive ketones (excluding diaryl/α,β-unsaturated/α-hetero) is 1. The van der Waals surface area contributed by atoms with Gasteiger partial charge in [0.05, 0.1) is 24.0 Å². The van der Waals surface area contributed by atoms with Gasteiger partial charge in [0.1, 0.15) is 17.1 Å². The zero-order valence-electron chi connectivity index (χ0n) is 14.7. The third-order valence-corrected chi connectivity index (χ3v) is 5.34. The number of hydrogen-bond acceptors (Lipinski definition) is 6. The quantitative estimate of drug-likeness (QED) is 0.632. The fraction of sp³-hybridized carbons (Fsp3) is 0.167. The van der Waals surface area contributed by atoms with E-state index in [1.54, 1.807) is 18.2 Å². The normalized spacial score (nSPS) is 16.3. The molecule has 1 atom stereocenters. The number of carbonyl (C=O) groups is 3. The van der Waals surface area contributed by atoms with Crippen molar-refractivity contribution in [2.75, 3.05) is 17.2 Å². The molecule has 1 aliphatic heterocycles. The molecule has 0 aliphatic carbocycles. The number of aromatic nitrogens is 2. The minimum atomic E-state index is -0.945. The number of fused-ring (bicyclic) bond motifs is 1. The van der Waals surface area contributed by atoms with Gasteiger partial charge in [0.2, 0.25) is 5.91 Å². The van der Waals surface area contributed by atoms with E-state index in [0.29, 0.717) is 32.5 Å². The molecule has 1 unspecified atom stereocenters. The van der Waals surface area contributed by atoms with Gasteiger partial charge in [0.15, 0.2) is 5.78 Å². The number of anilines is 2. The third-order valence-electron chi connectivity index (χ3n) is 4.37. The number of ketones is 1. The summed E-state index contributed by atoms with van der Waals surface area (Å²) >= 11 is 12.9. The number of benzene rings is 2. The molecule has 2 N–H and O–H groups in total. The largest absolute Gasteiger partial charge is 0.322 e. The van der Waals surface area contributed by atoms with Crippen LogP contribution in [0.1, 0.15) is 6.42 Å². The van der Waals surface area contributed by atoms with E-state index in [0.717, 1.165) is 11.7 Å². The minimum Gasteiger partial charge on any atom is -0.322 e. The highest BCUT2D eigenvalue weighted by atomic mass is 35.5. The topological polar surface area (TPSA) is 104 Å². The number of hydrogen-bond donors (Lipinski definition) is 2. The molecule has 4 rings (SSSR count). The van der Waals surface area contributed by atoms with Crippen LogP contribution in [0.25, 0.3) is 11.0 Å². The van der Waals surface area contributed by atoms with Crippen LogP contribution in [0.15, 0.2) is 36.4 Å². The molecule has 0 spiro atoms. The smallest absolute Gasteiger partial charge is 0.322 e. The van der Waals surface area contributed by atoms with E-state index in [1.807, 2.05) is 0 Å². The van der Waals surface area contributed by atoms with E-state index < -0.39 is 18.0 Å². The van der Waals surface area contributed by atoms with Crippen LogP contribution in [0.3, 0.4) is 0 Å². The highest BCUT2D eigenvalue weighted by Crippen LogP contribution is 2.25. The molecule has 29 heavy (non-hydrogen) atoms. The molecule has 3 aromatic rings. The number of amides is 3. The predicted molar refractivity (Wildman–Crippen MR) is 112 cm³/mol. The maximum absolute atomic E-state index is 12.8. The van der Waals surface area contributed by atoms with Crippen molar-refractivity contribution in [3.63, 3.8) is 0 Å². The zero-order valence-corrected chi connectivity index (χ0v) is 17.0. The number of rotatable bonds is 3. The van der Waals surface area contributed by atoms with Gasteiger partial charge in [-0.2, -0.15) is 8.75 Å². The van der Waals surface area contributed by atoms with Crippen molar-refractivity contribution in [1.29, 1.82) is 0 Å². The lowest BCUT2D eigenvalue weighted by Crippen LogP contribution is -2.45. The maximum Gasteiger partial charge on any atom is 0.322 e. The van der Waals surface area contributed by atoms with Crippen molar-refractivity contribution in [3.8, 4) is 0 Å². The standard InChI is InChI=1S/C18H13Cl2N5O3S/c19-9-4-10(20)6-11(5-9)21-18(28)25-8-12(26)7-15(25)17(27)22-13-2-1-3-14-16(13)24-29-23-14/h1-6,15H,7-8H2,(H,21,28)(H,22,27). The Hall–Kier alpha value is -2.75. The van der Waals surface area contributed by atoms with Crippen LogP contribution < -0.4 is 10.6 Å². The Balaban J connectivity index is 1.52. The van der Waals surface area contributed by atoms with Gasteiger partial charge >= 0.3 is 6.03 Å². The van der Waals surface area contributed by atoms with E-state index in [4.69, 9.17) is 23.2 Å². The van der Waals surface area contributed by atoms with Gasteiger partial charge in [-0.1, -0.05) is 29.3 Å². The van der Waals surface area contributed by atoms with Crippen LogP contribution in [0.5, 0.6) is 0 Å². The van der Waals surface area contributed by atoms with Crippen molar-refractivity contribution in [3.05, 3.63) is 46.4 Å². The molecule has 0 bridgehead atoms. The first-order chi connectivity index (χ1) is 13.9. The average molecular weight is 450 g/mol. The molecular weight excluding hydrogens is 437 g/mol. The molecule has 2 heterocycles. The number of halogens is 2. The Morgan fingerprint density at radius 1 is 1.10 bits per heavy atom. The van der Waals surface area contributed by atoms with E-state index in [-0.39, 0.29) is 18.7 Å². The predicted octanol–water partition coefficient (Wildman–Crippen LogP) is 3.81. The Morgan fingerprint density at radius 2 is 1.86 bits per heavy atom. The second kappa shape index (κ2) is 7.94. The summed E-state index contributed by atoms with van der Waals surface area (Å²) in [4.78, 5) is 38.7. The Morgan fingerprint density at radius 3 is 2.62 bits per heavy atom. The van der Waals surface area contributed by atoms with E-state index in [9.17, 15) is 14.4 Å². The summed E-state index contributed by atoms with van der Waals surface area (Å²) in [6.45, 7) is -0.166. The van der Waals surface area contributed by atoms with Crippen molar-refractivity contribution < 1.29 is 14.4 Å². The van der Waals surface area contributed by atoms with Crippen molar-refractivity contribution in [2.45, 2.75) is 12.5 Å². The lowest BCUT2D eigenvalue weighted by atomic mass is 10.2. The summed E-state index contributed by atoms with van der Waals surface area (Å²) in [5.41, 5.74) is 2.05. The molecule has 1 aliphatic rings. The highest BCUT2D eigenvalue weighted by Gasteiger charge is 2.39. The van der Waals surface area contributed by atoms with Crippen molar-refractivity contribution in [1.82, 2.24) is 13.6 Å². The summed E-state index contributed by atoms with van der Waals surface area (Å²) in [6.07, 6.45) is -0.0686. The van der Waals surface area contributed by atoms with Gasteiger partial charge < -0.3 is 15.5 Å². The number of urea groups is 1. The number of nitrogens with zero attached hydrogens (tertiary/aromatic N) is 3. The van der Waals surface area contributed by atoms with E-state index >= 15 is 0 Å². The number of carbonyl (C=O) groups excluding carboxylic acids is 3. The Bertz CT molecular complexity index is 1120. The molecule has 11 heteroatoms. The lowest BCUT2D eigenvalue weighted by molar-refractivity contribution is -0.121. The molecule has 0 radical (unpaired) electrons. The molecule has 1 saturated heterocycles. The zero-order chi connectivity index (χ0) is 20.5. The molecule has 148 valence electrons. The first kappa shape index (κ1) is 19.6. The van der Waals surface area contributed by atoms with Crippen molar-refractivity contribution in [2.24, 2.45) is 0 Å². The average Bonchev–Trinajstić information content (AvgIpc) is 3.28. The lowest BCUT2D eigenvalue weighted by Gasteiger charge is -2.23. The molecular formula is C18H13Cl2N5O3S. The molecule has 1 aromatic heterocycles. The second-order valence-corrected chi connectivity index (χ2v) is 7.80. The fourth-order valence-corrected chi connectivity index (χ4v) is 4.16. The molecule has 1 fully saturated rings. The monoisotopic (exact) mass is 449 g/mol. The van der Waals surface area contributed by atoms with Gasteiger partial charge in [-0.25, -0.2) is 4.79 Å². The van der Waals surface area contributed by atoms with Crippen LogP contribution >= 0.6 is 34.9 Å². The maximum atomic E-state index is 12.8. The molecule has 3 amide bonds. The summed E-state index contributed by atoms with van der Waals surface area (Å²) in [5, 5.41) is 6.08. The Kier molecular flexibility index (Phi) is 5.35. The van der Waals surface area contributed by atoms with Gasteiger partial charge in [0.25, 0.3) is 0 Å². The second-order valence-electron chi connectivity index (χ2n) is 6.40. The highest BCUT2D eigenvalue weighted by molar-refractivity contribution is 7.00. The van der Waals surface area contributed by atoms with Gasteiger partial charge in [0, 0.05) is 22.2 Å². The molecule has 0 saturated carbocycles. The van der Waals surface area contributed by atoms with Crippen LogP contribution in [0.4, 0.5) is 16.2 Å². The van der Waals surface area contributed by atoms with Crippen LogP contribution in [0.2, 0.25) is 10.0 Å². The first-order valence-electron chi connectivity index (χ1n) is 8.48. The summed E-state index contributed by atoms with van der Waals surface area (Å²) in [6, 6.07) is 8.25. The third kappa shape index (κ3) is 4.16. The van der Waals surface area contributed by atoms with E-state index in [2.05, 4.69) is 19.4 Å². The van der Waals surface area contributed by atoms with Crippen LogP contribution in [0, 0.1) is 0 Å². The summed E-state index contributed by atoms with van der Waals surface area (Å²) < 4.78 is 8.30. The van der Waals surface area contributed by atoms with Gasteiger partial charge in [-0.3, -0.25) is 9.59 Å².